The zero-order valence-corrected chi connectivity index (χ0v) is 45.7. The van der Waals surface area contributed by atoms with Gasteiger partial charge in [0, 0.05) is 58.0 Å². The minimum absolute atomic E-state index is 0.0274. The Morgan fingerprint density at radius 2 is 1.74 bits per heavy atom. The van der Waals surface area contributed by atoms with E-state index in [4.69, 9.17) is 44.9 Å². The summed E-state index contributed by atoms with van der Waals surface area (Å²) in [4.78, 5) is 128. The van der Waals surface area contributed by atoms with Crippen molar-refractivity contribution in [1.29, 1.82) is 0 Å². The molecule has 24 nitrogen and oxygen atoms in total. The monoisotopic (exact) mass is 1120 g/mol. The summed E-state index contributed by atoms with van der Waals surface area (Å²) in [6.07, 6.45) is 1.14. The molecule has 4 bridgehead atoms. The first-order valence-corrected chi connectivity index (χ1v) is 26.3. The number of carbonyl (C=O) groups is 9. The van der Waals surface area contributed by atoms with Gasteiger partial charge in [-0.2, -0.15) is 0 Å². The van der Waals surface area contributed by atoms with Crippen LogP contribution in [-0.2, 0) is 63.7 Å². The predicted molar refractivity (Wildman–Crippen MR) is 274 cm³/mol. The average Bonchev–Trinajstić information content (AvgIpc) is 4.09. The van der Waals surface area contributed by atoms with Crippen LogP contribution in [-0.4, -0.2) is 181 Å². The van der Waals surface area contributed by atoms with E-state index in [-0.39, 0.29) is 68.8 Å². The molecule has 6 rings (SSSR count). The number of thioether (sulfide) groups is 1. The number of hydroxylamine groups is 2. The van der Waals surface area contributed by atoms with Gasteiger partial charge >= 0.3 is 24.1 Å². The first kappa shape index (κ1) is 60.0. The molecule has 4 aliphatic heterocycles. The second-order valence-corrected chi connectivity index (χ2v) is 21.4. The van der Waals surface area contributed by atoms with Gasteiger partial charge in [0.1, 0.15) is 54.1 Å². The van der Waals surface area contributed by atoms with Crippen molar-refractivity contribution in [1.82, 2.24) is 25.5 Å². The fourth-order valence-electron chi connectivity index (χ4n) is 9.34. The summed E-state index contributed by atoms with van der Waals surface area (Å²) in [5.41, 5.74) is -1.14. The molecule has 1 aromatic rings. The molecule has 4 N–H and O–H groups in total. The van der Waals surface area contributed by atoms with Crippen molar-refractivity contribution in [3.63, 3.8) is 0 Å². The highest BCUT2D eigenvalue weighted by molar-refractivity contribution is 8.13. The van der Waals surface area contributed by atoms with Crippen LogP contribution in [0, 0.1) is 17.3 Å². The zero-order valence-electron chi connectivity index (χ0n) is 44.1. The number of imide groups is 1. The Kier molecular flexibility index (Phi) is 20.2. The van der Waals surface area contributed by atoms with E-state index < -0.39 is 113 Å². The van der Waals surface area contributed by atoms with E-state index in [1.807, 2.05) is 13.8 Å². The van der Waals surface area contributed by atoms with Gasteiger partial charge in [-0.1, -0.05) is 67.1 Å². The van der Waals surface area contributed by atoms with Crippen molar-refractivity contribution in [2.45, 2.75) is 115 Å². The van der Waals surface area contributed by atoms with E-state index in [9.17, 15) is 53.4 Å². The highest BCUT2D eigenvalue weighted by Crippen LogP contribution is 2.61. The zero-order chi connectivity index (χ0) is 56.5. The van der Waals surface area contributed by atoms with Gasteiger partial charge in [-0.3, -0.25) is 29.3 Å². The van der Waals surface area contributed by atoms with Crippen molar-refractivity contribution in [3.8, 4) is 5.75 Å². The number of hydrogen-bond donors (Lipinski definition) is 4. The molecule has 422 valence electrons. The third kappa shape index (κ3) is 15.1. The van der Waals surface area contributed by atoms with Gasteiger partial charge in [0.25, 0.3) is 17.1 Å². The van der Waals surface area contributed by atoms with Crippen molar-refractivity contribution in [2.75, 3.05) is 65.5 Å². The SMILES string of the molecule is COc1cc2cc(c1Cl)N(C)C(=O)C[C@H](OC(=O)[C@H](C)N(C)C(=O)CCSC(=O)NC(CN(C)C(=O)OC1/C=C/COCOC1)C(=O)ON1C(=O)CCC1=O)[C@]1(C)C[C@H]1[C@H](C)[C@@H]1C[C@@](O)(NC(=O)O1)[C@H](O)/C=C/C=C(\C)C2. The Hall–Kier alpha value is -6.25. The first-order chi connectivity index (χ1) is 36.3. The van der Waals surface area contributed by atoms with E-state index in [0.717, 1.165) is 20.9 Å². The van der Waals surface area contributed by atoms with E-state index in [1.54, 1.807) is 43.4 Å². The minimum atomic E-state index is -2.10. The summed E-state index contributed by atoms with van der Waals surface area (Å²) in [6.45, 7) is 6.53. The highest BCUT2D eigenvalue weighted by atomic mass is 35.5. The number of likely N-dealkylation sites (N-methyl/N-ethyl adjacent to an activating group) is 2. The molecule has 0 radical (unpaired) electrons. The number of nitrogens with one attached hydrogen (secondary N) is 2. The van der Waals surface area contributed by atoms with Crippen LogP contribution in [0.5, 0.6) is 5.75 Å². The van der Waals surface area contributed by atoms with Crippen LogP contribution in [0.1, 0.15) is 71.8 Å². The molecule has 2 unspecified atom stereocenters. The molecular weight excluding hydrogens is 1050 g/mol. The number of alkyl carbamates (subject to hydrolysis) is 1. The van der Waals surface area contributed by atoms with E-state index in [0.29, 0.717) is 41.1 Å². The fourth-order valence-corrected chi connectivity index (χ4v) is 10.3. The number of hydrogen-bond acceptors (Lipinski definition) is 19. The minimum Gasteiger partial charge on any atom is -0.495 e. The second kappa shape index (κ2) is 25.9. The molecule has 26 heteroatoms. The summed E-state index contributed by atoms with van der Waals surface area (Å²) in [5.74, 6) is -5.43. The molecule has 77 heavy (non-hydrogen) atoms. The standard InChI is InChI=1S/C51H67ClN6O18S/c1-28-11-9-13-38(59)51(69)24-37(74-47(66)54-51)29(2)33-23-50(33,4)39(22-43(63)57(7)35-20-31(19-28)21-36(70-8)44(35)52)75-45(64)30(3)56(6)40(60)16-18-77-48(67)53-34(46(65)76-58-41(61)14-15-42(58)62)25-55(5)49(68)73-32-12-10-17-71-27-72-26-32/h9-13,20-21,29-30,32-34,37-39,59,69H,14-19,22-27H2,1-8H3,(H,53,67)(H,54,66)/b12-10+,13-9+,28-11+/t29-,30-,32?,33-,34?,37-,38+,39-,50+,51-/m0/s1. The number of aliphatic hydroxyl groups is 2. The molecule has 7 amide bonds. The lowest BCUT2D eigenvalue weighted by molar-refractivity contribution is -0.199. The van der Waals surface area contributed by atoms with Gasteiger partial charge in [0.2, 0.25) is 11.8 Å². The number of esters is 1. The molecule has 1 aliphatic carbocycles. The van der Waals surface area contributed by atoms with Gasteiger partial charge in [0.05, 0.1) is 39.0 Å². The van der Waals surface area contributed by atoms with Gasteiger partial charge in [0.15, 0.2) is 5.72 Å². The average molecular weight is 1120 g/mol. The molecule has 4 heterocycles. The van der Waals surface area contributed by atoms with Gasteiger partial charge < -0.3 is 63.5 Å². The van der Waals surface area contributed by atoms with E-state index >= 15 is 0 Å². The van der Waals surface area contributed by atoms with Gasteiger partial charge in [-0.15, -0.1) is 5.06 Å². The number of nitrogens with zero attached hydrogens (tertiary/aromatic N) is 4. The smallest absolute Gasteiger partial charge is 0.410 e. The lowest BCUT2D eigenvalue weighted by atomic mass is 9.83. The van der Waals surface area contributed by atoms with Crippen LogP contribution in [0.2, 0.25) is 5.02 Å². The van der Waals surface area contributed by atoms with Crippen LogP contribution < -0.4 is 20.3 Å². The summed E-state index contributed by atoms with van der Waals surface area (Å²) < 4.78 is 33.3. The normalized spacial score (nSPS) is 29.1. The fraction of sp³-hybridized carbons (Fsp3) is 0.588. The Labute approximate surface area is 454 Å². The number of carbonyl (C=O) groups excluding carboxylic acids is 9. The summed E-state index contributed by atoms with van der Waals surface area (Å²) in [7, 11) is 5.61. The number of benzene rings is 1. The van der Waals surface area contributed by atoms with Crippen molar-refractivity contribution >= 4 is 82.0 Å². The molecule has 0 spiro atoms. The number of amides is 7. The van der Waals surface area contributed by atoms with Gasteiger partial charge in [-0.25, -0.2) is 19.2 Å². The third-order valence-corrected chi connectivity index (χ3v) is 15.5. The van der Waals surface area contributed by atoms with Crippen LogP contribution in [0.25, 0.3) is 0 Å². The molecule has 5 aliphatic rings. The lowest BCUT2D eigenvalue weighted by Gasteiger charge is -2.41. The van der Waals surface area contributed by atoms with Crippen molar-refractivity contribution in [2.24, 2.45) is 17.3 Å². The quantitative estimate of drug-likeness (QED) is 0.0951. The number of allylic oxidation sites excluding steroid dienone is 3. The van der Waals surface area contributed by atoms with Crippen LogP contribution in [0.15, 0.2) is 48.1 Å². The number of methoxy groups -OCH3 is 1. The predicted octanol–water partition coefficient (Wildman–Crippen LogP) is 3.54. The van der Waals surface area contributed by atoms with Crippen molar-refractivity contribution < 1.29 is 86.6 Å². The number of rotatable bonds is 13. The topological polar surface area (TPSA) is 296 Å². The van der Waals surface area contributed by atoms with Crippen LogP contribution >= 0.6 is 23.4 Å². The number of anilines is 1. The molecule has 0 aromatic heterocycles. The Balaban J connectivity index is 1.14. The highest BCUT2D eigenvalue weighted by Gasteiger charge is 2.62. The first-order valence-electron chi connectivity index (χ1n) is 24.9. The maximum atomic E-state index is 14.4. The van der Waals surface area contributed by atoms with E-state index in [1.165, 1.54) is 46.2 Å². The lowest BCUT2D eigenvalue weighted by Crippen LogP contribution is -2.63. The summed E-state index contributed by atoms with van der Waals surface area (Å²) in [6, 6.07) is 0.604. The maximum absolute atomic E-state index is 14.4. The van der Waals surface area contributed by atoms with Gasteiger partial charge in [-0.05, 0) is 62.3 Å². The summed E-state index contributed by atoms with van der Waals surface area (Å²) in [5, 5.41) is 27.1. The molecule has 2 saturated heterocycles. The molecule has 3 fully saturated rings. The van der Waals surface area contributed by atoms with Crippen LogP contribution in [0.4, 0.5) is 20.1 Å². The Morgan fingerprint density at radius 3 is 2.44 bits per heavy atom. The number of ether oxygens (including phenoxy) is 6. The van der Waals surface area contributed by atoms with Crippen LogP contribution in [0.3, 0.4) is 0 Å². The Morgan fingerprint density at radius 1 is 1.03 bits per heavy atom. The van der Waals surface area contributed by atoms with Crippen molar-refractivity contribution in [3.05, 3.63) is 58.7 Å². The number of aliphatic hydroxyl groups excluding tert-OH is 1. The maximum Gasteiger partial charge on any atom is 0.410 e. The largest absolute Gasteiger partial charge is 0.495 e. The molecule has 1 saturated carbocycles. The summed E-state index contributed by atoms with van der Waals surface area (Å²) >= 11 is 7.39. The molecular formula is C51H67ClN6O18S. The molecule has 1 aromatic carbocycles. The number of fused-ring (bicyclic) bond motifs is 5. The second-order valence-electron chi connectivity index (χ2n) is 20.0. The Bertz CT molecular complexity index is 2530. The third-order valence-electron chi connectivity index (χ3n) is 14.4. The number of halogens is 1. The molecule has 10 atom stereocenters. The van der Waals surface area contributed by atoms with E-state index in [2.05, 4.69) is 10.6 Å².